The Morgan fingerprint density at radius 3 is 2.73 bits per heavy atom. The summed E-state index contributed by atoms with van der Waals surface area (Å²) in [5.41, 5.74) is 1.23. The Morgan fingerprint density at radius 2 is 2.12 bits per heavy atom. The molecule has 3 rings (SSSR count). The van der Waals surface area contributed by atoms with Gasteiger partial charge in [0.25, 0.3) is 0 Å². The number of benzene rings is 1. The SMILES string of the molecule is CN=C(NCC1(C)CCOC1)N1CCN(Cc2ccc(Cl)cc2)C(=O)C1. The number of guanidine groups is 1. The molecule has 1 aromatic carbocycles. The maximum atomic E-state index is 12.6. The lowest BCUT2D eigenvalue weighted by Crippen LogP contribution is -2.55. The Bertz CT molecular complexity index is 656. The highest BCUT2D eigenvalue weighted by molar-refractivity contribution is 6.30. The van der Waals surface area contributed by atoms with Crippen molar-refractivity contribution >= 4 is 23.5 Å². The van der Waals surface area contributed by atoms with Crippen molar-refractivity contribution in [1.82, 2.24) is 15.1 Å². The fourth-order valence-electron chi connectivity index (χ4n) is 3.34. The Kier molecular flexibility index (Phi) is 6.04. The van der Waals surface area contributed by atoms with Crippen LogP contribution in [0.15, 0.2) is 29.3 Å². The number of carbonyl (C=O) groups excluding carboxylic acids is 1. The molecule has 2 heterocycles. The zero-order valence-electron chi connectivity index (χ0n) is 15.5. The van der Waals surface area contributed by atoms with Crippen LogP contribution >= 0.6 is 11.6 Å². The molecule has 0 bridgehead atoms. The average molecular weight is 379 g/mol. The van der Waals surface area contributed by atoms with Gasteiger partial charge in [0.1, 0.15) is 0 Å². The van der Waals surface area contributed by atoms with Crippen molar-refractivity contribution in [3.63, 3.8) is 0 Å². The van der Waals surface area contributed by atoms with Crippen LogP contribution in [-0.2, 0) is 16.1 Å². The van der Waals surface area contributed by atoms with Crippen LogP contribution in [0.5, 0.6) is 0 Å². The number of ether oxygens (including phenoxy) is 1. The molecule has 0 saturated carbocycles. The Balaban J connectivity index is 1.53. The third kappa shape index (κ3) is 4.68. The van der Waals surface area contributed by atoms with Gasteiger partial charge < -0.3 is 19.9 Å². The largest absolute Gasteiger partial charge is 0.381 e. The number of rotatable bonds is 4. The van der Waals surface area contributed by atoms with E-state index < -0.39 is 0 Å². The van der Waals surface area contributed by atoms with Crippen LogP contribution in [0.3, 0.4) is 0 Å². The van der Waals surface area contributed by atoms with E-state index in [1.165, 1.54) is 0 Å². The van der Waals surface area contributed by atoms with Crippen LogP contribution in [0.2, 0.25) is 5.02 Å². The first-order chi connectivity index (χ1) is 12.5. The average Bonchev–Trinajstić information content (AvgIpc) is 3.06. The minimum Gasteiger partial charge on any atom is -0.381 e. The number of aliphatic imine (C=N–C) groups is 1. The summed E-state index contributed by atoms with van der Waals surface area (Å²) in [6, 6.07) is 7.65. The predicted octanol–water partition coefficient (Wildman–Crippen LogP) is 1.99. The number of amides is 1. The number of nitrogens with zero attached hydrogens (tertiary/aromatic N) is 3. The van der Waals surface area contributed by atoms with Crippen LogP contribution in [0.4, 0.5) is 0 Å². The molecule has 0 spiro atoms. The summed E-state index contributed by atoms with van der Waals surface area (Å²) in [6.07, 6.45) is 1.05. The molecule has 0 radical (unpaired) electrons. The molecular formula is C19H27ClN4O2. The van der Waals surface area contributed by atoms with Crippen LogP contribution in [0.1, 0.15) is 18.9 Å². The molecule has 1 amide bonds. The van der Waals surface area contributed by atoms with Crippen molar-refractivity contribution in [2.75, 3.05) is 46.4 Å². The second-order valence-corrected chi connectivity index (χ2v) is 7.81. The number of piperazine rings is 1. The molecule has 2 aliphatic rings. The summed E-state index contributed by atoms with van der Waals surface area (Å²) in [5, 5.41) is 4.13. The van der Waals surface area contributed by atoms with Crippen molar-refractivity contribution in [3.05, 3.63) is 34.9 Å². The smallest absolute Gasteiger partial charge is 0.242 e. The minimum absolute atomic E-state index is 0.115. The molecule has 142 valence electrons. The Labute approximate surface area is 160 Å². The zero-order chi connectivity index (χ0) is 18.6. The molecule has 2 saturated heterocycles. The van der Waals surface area contributed by atoms with Gasteiger partial charge in [-0.25, -0.2) is 0 Å². The van der Waals surface area contributed by atoms with Crippen molar-refractivity contribution < 1.29 is 9.53 Å². The fourth-order valence-corrected chi connectivity index (χ4v) is 3.47. The van der Waals surface area contributed by atoms with Crippen LogP contribution < -0.4 is 5.32 Å². The van der Waals surface area contributed by atoms with E-state index >= 15 is 0 Å². The first-order valence-corrected chi connectivity index (χ1v) is 9.42. The third-order valence-corrected chi connectivity index (χ3v) is 5.34. The van der Waals surface area contributed by atoms with Crippen LogP contribution in [-0.4, -0.2) is 68.1 Å². The van der Waals surface area contributed by atoms with E-state index in [0.29, 0.717) is 24.7 Å². The summed E-state index contributed by atoms with van der Waals surface area (Å²) in [4.78, 5) is 20.9. The highest BCUT2D eigenvalue weighted by Gasteiger charge is 2.31. The quantitative estimate of drug-likeness (QED) is 0.643. The topological polar surface area (TPSA) is 57.2 Å². The van der Waals surface area contributed by atoms with Gasteiger partial charge in [0.2, 0.25) is 5.91 Å². The number of halogens is 1. The monoisotopic (exact) mass is 378 g/mol. The van der Waals surface area contributed by atoms with Crippen LogP contribution in [0.25, 0.3) is 0 Å². The second kappa shape index (κ2) is 8.27. The van der Waals surface area contributed by atoms with E-state index in [2.05, 4.69) is 17.2 Å². The molecule has 1 unspecified atom stereocenters. The summed E-state index contributed by atoms with van der Waals surface area (Å²) in [6.45, 7) is 7.03. The van der Waals surface area contributed by atoms with Crippen molar-refractivity contribution in [3.8, 4) is 0 Å². The molecule has 2 fully saturated rings. The Morgan fingerprint density at radius 1 is 1.35 bits per heavy atom. The van der Waals surface area contributed by atoms with E-state index in [-0.39, 0.29) is 11.3 Å². The van der Waals surface area contributed by atoms with E-state index in [1.54, 1.807) is 7.05 Å². The zero-order valence-corrected chi connectivity index (χ0v) is 16.3. The molecule has 6 nitrogen and oxygen atoms in total. The van der Waals surface area contributed by atoms with Crippen molar-refractivity contribution in [2.24, 2.45) is 10.4 Å². The summed E-state index contributed by atoms with van der Waals surface area (Å²) in [5.74, 6) is 0.905. The van der Waals surface area contributed by atoms with Gasteiger partial charge in [-0.05, 0) is 24.1 Å². The number of nitrogens with one attached hydrogen (secondary N) is 1. The molecule has 0 aromatic heterocycles. The first-order valence-electron chi connectivity index (χ1n) is 9.05. The van der Waals surface area contributed by atoms with Gasteiger partial charge in [-0.1, -0.05) is 30.7 Å². The highest BCUT2D eigenvalue weighted by Crippen LogP contribution is 2.26. The molecule has 2 aliphatic heterocycles. The lowest BCUT2D eigenvalue weighted by molar-refractivity contribution is -0.135. The summed E-state index contributed by atoms with van der Waals surface area (Å²) < 4.78 is 5.50. The van der Waals surface area contributed by atoms with E-state index in [4.69, 9.17) is 16.3 Å². The molecule has 1 aromatic rings. The van der Waals surface area contributed by atoms with Gasteiger partial charge in [0.15, 0.2) is 5.96 Å². The van der Waals surface area contributed by atoms with Gasteiger partial charge >= 0.3 is 0 Å². The minimum atomic E-state index is 0.115. The Hall–Kier alpha value is -1.79. The number of hydrogen-bond acceptors (Lipinski definition) is 3. The summed E-state index contributed by atoms with van der Waals surface area (Å²) >= 11 is 5.92. The summed E-state index contributed by atoms with van der Waals surface area (Å²) in [7, 11) is 1.76. The number of hydrogen-bond donors (Lipinski definition) is 1. The molecule has 1 N–H and O–H groups in total. The fraction of sp³-hybridized carbons (Fsp3) is 0.579. The first kappa shape index (κ1) is 19.0. The molecular weight excluding hydrogens is 352 g/mol. The van der Waals surface area contributed by atoms with Gasteiger partial charge in [-0.15, -0.1) is 0 Å². The van der Waals surface area contributed by atoms with Crippen molar-refractivity contribution in [1.29, 1.82) is 0 Å². The standard InChI is InChI=1S/C19H27ClN4O2/c1-19(7-10-26-14-19)13-22-18(21-2)24-9-8-23(17(25)12-24)11-15-3-5-16(20)6-4-15/h3-6H,7-14H2,1-2H3,(H,21,22). The van der Waals surface area contributed by atoms with E-state index in [0.717, 1.165) is 44.2 Å². The van der Waals surface area contributed by atoms with E-state index in [9.17, 15) is 4.79 Å². The number of carbonyl (C=O) groups is 1. The van der Waals surface area contributed by atoms with Crippen LogP contribution in [0, 0.1) is 5.41 Å². The third-order valence-electron chi connectivity index (χ3n) is 5.09. The highest BCUT2D eigenvalue weighted by atomic mass is 35.5. The molecule has 1 atom stereocenters. The predicted molar refractivity (Wildman–Crippen MR) is 103 cm³/mol. The normalized spacial score (nSPS) is 24.3. The van der Waals surface area contributed by atoms with Gasteiger partial charge in [-0.3, -0.25) is 9.79 Å². The van der Waals surface area contributed by atoms with Crippen molar-refractivity contribution in [2.45, 2.75) is 19.9 Å². The lowest BCUT2D eigenvalue weighted by atomic mass is 9.90. The molecule has 0 aliphatic carbocycles. The maximum absolute atomic E-state index is 12.6. The lowest BCUT2D eigenvalue weighted by Gasteiger charge is -2.37. The second-order valence-electron chi connectivity index (χ2n) is 7.38. The van der Waals surface area contributed by atoms with Gasteiger partial charge in [-0.2, -0.15) is 0 Å². The van der Waals surface area contributed by atoms with Gasteiger partial charge in [0.05, 0.1) is 13.2 Å². The van der Waals surface area contributed by atoms with Gasteiger partial charge in [0, 0.05) is 50.3 Å². The molecule has 26 heavy (non-hydrogen) atoms. The van der Waals surface area contributed by atoms with E-state index in [1.807, 2.05) is 34.1 Å². The molecule has 7 heteroatoms. The maximum Gasteiger partial charge on any atom is 0.242 e.